The number of rotatable bonds is 2. The van der Waals surface area contributed by atoms with Crippen molar-refractivity contribution < 1.29 is 14.3 Å². The molecule has 20 heavy (non-hydrogen) atoms. The van der Waals surface area contributed by atoms with E-state index in [9.17, 15) is 9.18 Å². The van der Waals surface area contributed by atoms with Crippen molar-refractivity contribution in [2.75, 3.05) is 0 Å². The van der Waals surface area contributed by atoms with Gasteiger partial charge in [0, 0.05) is 27.8 Å². The lowest BCUT2D eigenvalue weighted by atomic mass is 10.1. The van der Waals surface area contributed by atoms with Crippen molar-refractivity contribution in [3.63, 3.8) is 0 Å². The zero-order chi connectivity index (χ0) is 14.4. The summed E-state index contributed by atoms with van der Waals surface area (Å²) in [5.74, 6) is -1.30. The second-order valence-corrected chi connectivity index (χ2v) is 5.16. The number of hydrogen-bond acceptors (Lipinski definition) is 1. The van der Waals surface area contributed by atoms with Gasteiger partial charge in [-0.3, -0.25) is 0 Å². The van der Waals surface area contributed by atoms with E-state index in [1.54, 1.807) is 24.3 Å². The quantitative estimate of drug-likeness (QED) is 0.758. The molecule has 1 N–H and O–H groups in total. The number of halogens is 1. The minimum Gasteiger partial charge on any atom is -0.478 e. The molecular formula is C16H14FNO2. The number of fused-ring (bicyclic) bond motifs is 3. The van der Waals surface area contributed by atoms with Crippen LogP contribution in [0.2, 0.25) is 0 Å². The third-order valence-electron chi connectivity index (χ3n) is 3.53. The molecule has 0 amide bonds. The second kappa shape index (κ2) is 4.34. The molecule has 1 heterocycles. The molecule has 3 nitrogen and oxygen atoms in total. The first-order chi connectivity index (χ1) is 9.49. The Bertz CT molecular complexity index is 833. The lowest BCUT2D eigenvalue weighted by Gasteiger charge is -2.11. The Morgan fingerprint density at radius 2 is 1.70 bits per heavy atom. The predicted octanol–water partition coefficient (Wildman–Crippen LogP) is 4.21. The Morgan fingerprint density at radius 3 is 2.30 bits per heavy atom. The van der Waals surface area contributed by atoms with Gasteiger partial charge in [0.15, 0.2) is 0 Å². The van der Waals surface area contributed by atoms with Crippen molar-refractivity contribution in [2.45, 2.75) is 19.9 Å². The van der Waals surface area contributed by atoms with Gasteiger partial charge in [-0.15, -0.1) is 0 Å². The maximum Gasteiger partial charge on any atom is 0.335 e. The summed E-state index contributed by atoms with van der Waals surface area (Å²) in [6.07, 6.45) is 0. The third kappa shape index (κ3) is 1.76. The number of carboxylic acids is 1. The van der Waals surface area contributed by atoms with E-state index < -0.39 is 5.97 Å². The Balaban J connectivity index is 2.50. The van der Waals surface area contributed by atoms with Crippen molar-refractivity contribution >= 4 is 27.8 Å². The summed E-state index contributed by atoms with van der Waals surface area (Å²) in [5, 5.41) is 10.6. The van der Waals surface area contributed by atoms with Crippen LogP contribution in [0.1, 0.15) is 30.2 Å². The number of hydrogen-bond donors (Lipinski definition) is 1. The van der Waals surface area contributed by atoms with Crippen molar-refractivity contribution in [3.05, 3.63) is 47.8 Å². The van der Waals surface area contributed by atoms with E-state index in [0.717, 1.165) is 21.8 Å². The predicted molar refractivity (Wildman–Crippen MR) is 76.7 cm³/mol. The molecule has 4 heteroatoms. The first-order valence-corrected chi connectivity index (χ1v) is 6.45. The fourth-order valence-electron chi connectivity index (χ4n) is 2.72. The van der Waals surface area contributed by atoms with Gasteiger partial charge in [0.05, 0.1) is 5.56 Å². The lowest BCUT2D eigenvalue weighted by Crippen LogP contribution is -2.00. The fraction of sp³-hybridized carbons (Fsp3) is 0.188. The van der Waals surface area contributed by atoms with Crippen LogP contribution in [0.5, 0.6) is 0 Å². The van der Waals surface area contributed by atoms with Gasteiger partial charge in [0.25, 0.3) is 0 Å². The van der Waals surface area contributed by atoms with Crippen LogP contribution in [0, 0.1) is 5.82 Å². The summed E-state index contributed by atoms with van der Waals surface area (Å²) in [5.41, 5.74) is 2.05. The smallest absolute Gasteiger partial charge is 0.335 e. The highest BCUT2D eigenvalue weighted by molar-refractivity contribution is 6.10. The summed E-state index contributed by atoms with van der Waals surface area (Å²) in [6.45, 7) is 4.10. The van der Waals surface area contributed by atoms with E-state index >= 15 is 0 Å². The van der Waals surface area contributed by atoms with Crippen molar-refractivity contribution in [3.8, 4) is 0 Å². The van der Waals surface area contributed by atoms with Crippen molar-refractivity contribution in [1.29, 1.82) is 0 Å². The zero-order valence-electron chi connectivity index (χ0n) is 11.2. The number of carbonyl (C=O) groups is 1. The Labute approximate surface area is 115 Å². The molecule has 1 aromatic heterocycles. The summed E-state index contributed by atoms with van der Waals surface area (Å²) in [6, 6.07) is 9.82. The van der Waals surface area contributed by atoms with E-state index in [-0.39, 0.29) is 17.4 Å². The van der Waals surface area contributed by atoms with Crippen LogP contribution in [0.3, 0.4) is 0 Å². The van der Waals surface area contributed by atoms with Crippen molar-refractivity contribution in [1.82, 2.24) is 4.57 Å². The van der Waals surface area contributed by atoms with Gasteiger partial charge in [0.2, 0.25) is 0 Å². The highest BCUT2D eigenvalue weighted by Gasteiger charge is 2.15. The first-order valence-electron chi connectivity index (χ1n) is 6.45. The molecule has 102 valence electrons. The molecule has 0 radical (unpaired) electrons. The monoisotopic (exact) mass is 271 g/mol. The number of aromatic carboxylic acids is 1. The van der Waals surface area contributed by atoms with E-state index in [1.165, 1.54) is 12.1 Å². The standard InChI is InChI=1S/C16H14FNO2/c1-9(2)18-14-5-3-10(16(19)20)7-12(14)13-8-11(17)4-6-15(13)18/h3-9H,1-2H3,(H,19,20). The molecule has 0 atom stereocenters. The number of benzene rings is 2. The molecule has 2 aromatic carbocycles. The molecular weight excluding hydrogens is 257 g/mol. The second-order valence-electron chi connectivity index (χ2n) is 5.16. The van der Waals surface area contributed by atoms with E-state index in [1.807, 2.05) is 13.8 Å². The van der Waals surface area contributed by atoms with Gasteiger partial charge < -0.3 is 9.67 Å². The van der Waals surface area contributed by atoms with Crippen LogP contribution < -0.4 is 0 Å². The van der Waals surface area contributed by atoms with Crippen LogP contribution in [-0.2, 0) is 0 Å². The highest BCUT2D eigenvalue weighted by Crippen LogP contribution is 2.32. The molecule has 0 fully saturated rings. The maximum atomic E-state index is 13.5. The summed E-state index contributed by atoms with van der Waals surface area (Å²) >= 11 is 0. The average Bonchev–Trinajstić information content (AvgIpc) is 2.71. The molecule has 0 saturated carbocycles. The molecule has 0 unspecified atom stereocenters. The van der Waals surface area contributed by atoms with Gasteiger partial charge in [-0.1, -0.05) is 0 Å². The largest absolute Gasteiger partial charge is 0.478 e. The van der Waals surface area contributed by atoms with Gasteiger partial charge in [0.1, 0.15) is 5.82 Å². The molecule has 0 aliphatic heterocycles. The molecule has 0 bridgehead atoms. The minimum absolute atomic E-state index is 0.205. The van der Waals surface area contributed by atoms with E-state index in [0.29, 0.717) is 0 Å². The Hall–Kier alpha value is -2.36. The average molecular weight is 271 g/mol. The molecule has 3 rings (SSSR count). The molecule has 0 aliphatic carbocycles. The summed E-state index contributed by atoms with van der Waals surface area (Å²) in [7, 11) is 0. The molecule has 0 aliphatic rings. The fourth-order valence-corrected chi connectivity index (χ4v) is 2.72. The van der Waals surface area contributed by atoms with Gasteiger partial charge in [-0.2, -0.15) is 0 Å². The Kier molecular flexibility index (Phi) is 2.74. The lowest BCUT2D eigenvalue weighted by molar-refractivity contribution is 0.0697. The summed E-state index contributed by atoms with van der Waals surface area (Å²) < 4.78 is 15.6. The first kappa shape index (κ1) is 12.7. The Morgan fingerprint density at radius 1 is 1.10 bits per heavy atom. The van der Waals surface area contributed by atoms with Gasteiger partial charge in [-0.05, 0) is 50.2 Å². The molecule has 3 aromatic rings. The topological polar surface area (TPSA) is 42.2 Å². The van der Waals surface area contributed by atoms with Gasteiger partial charge in [-0.25, -0.2) is 9.18 Å². The molecule has 0 saturated heterocycles. The van der Waals surface area contributed by atoms with Crippen LogP contribution in [0.15, 0.2) is 36.4 Å². The van der Waals surface area contributed by atoms with E-state index in [4.69, 9.17) is 5.11 Å². The minimum atomic E-state index is -0.978. The zero-order valence-corrected chi connectivity index (χ0v) is 11.2. The number of aromatic nitrogens is 1. The van der Waals surface area contributed by atoms with Crippen LogP contribution in [-0.4, -0.2) is 15.6 Å². The number of nitrogens with zero attached hydrogens (tertiary/aromatic N) is 1. The van der Waals surface area contributed by atoms with Crippen LogP contribution in [0.4, 0.5) is 4.39 Å². The van der Waals surface area contributed by atoms with Crippen LogP contribution >= 0.6 is 0 Å². The summed E-state index contributed by atoms with van der Waals surface area (Å²) in [4.78, 5) is 11.1. The third-order valence-corrected chi connectivity index (χ3v) is 3.53. The normalized spacial score (nSPS) is 11.6. The van der Waals surface area contributed by atoms with Crippen LogP contribution in [0.25, 0.3) is 21.8 Å². The molecule has 0 spiro atoms. The maximum absolute atomic E-state index is 13.5. The number of carboxylic acid groups (broad SMARTS) is 1. The van der Waals surface area contributed by atoms with Crippen molar-refractivity contribution in [2.24, 2.45) is 0 Å². The van der Waals surface area contributed by atoms with Gasteiger partial charge >= 0.3 is 5.97 Å². The van der Waals surface area contributed by atoms with E-state index in [2.05, 4.69) is 4.57 Å². The SMILES string of the molecule is CC(C)n1c2ccc(F)cc2c2cc(C(=O)O)ccc21. The highest BCUT2D eigenvalue weighted by atomic mass is 19.1.